The van der Waals surface area contributed by atoms with Crippen LogP contribution in [0.3, 0.4) is 0 Å². The van der Waals surface area contributed by atoms with Crippen molar-refractivity contribution in [3.8, 4) is 0 Å². The van der Waals surface area contributed by atoms with Crippen molar-refractivity contribution in [2.45, 2.75) is 32.2 Å². The second-order valence-electron chi connectivity index (χ2n) is 3.79. The van der Waals surface area contributed by atoms with E-state index in [1.807, 2.05) is 5.32 Å². The number of amides is 4. The van der Waals surface area contributed by atoms with Crippen LogP contribution >= 0.6 is 0 Å². The Kier molecular flexibility index (Phi) is 2.02. The second-order valence-corrected chi connectivity index (χ2v) is 3.79. The van der Waals surface area contributed by atoms with Gasteiger partial charge in [-0.15, -0.1) is 0 Å². The summed E-state index contributed by atoms with van der Waals surface area (Å²) in [7, 11) is 0. The van der Waals surface area contributed by atoms with Crippen LogP contribution in [-0.2, 0) is 9.59 Å². The van der Waals surface area contributed by atoms with Gasteiger partial charge in [0.05, 0.1) is 0 Å². The molecule has 0 spiro atoms. The fourth-order valence-electron chi connectivity index (χ4n) is 1.94. The average molecular weight is 196 g/mol. The minimum absolute atomic E-state index is 0.0334. The summed E-state index contributed by atoms with van der Waals surface area (Å²) in [6, 6.07) is -0.586. The third-order valence-electron chi connectivity index (χ3n) is 2.73. The van der Waals surface area contributed by atoms with Gasteiger partial charge in [0.1, 0.15) is 0 Å². The highest BCUT2D eigenvalue weighted by molar-refractivity contribution is 6.45. The van der Waals surface area contributed by atoms with Crippen molar-refractivity contribution in [3.63, 3.8) is 0 Å². The molecular weight excluding hydrogens is 184 g/mol. The summed E-state index contributed by atoms with van der Waals surface area (Å²) < 4.78 is 0. The first-order valence-electron chi connectivity index (χ1n) is 4.83. The second kappa shape index (κ2) is 3.08. The molecule has 1 saturated carbocycles. The molecule has 5 heteroatoms. The van der Waals surface area contributed by atoms with Gasteiger partial charge in [0, 0.05) is 6.04 Å². The topological polar surface area (TPSA) is 66.5 Å². The molecule has 4 amide bonds. The lowest BCUT2D eigenvalue weighted by atomic mass is 10.2. The van der Waals surface area contributed by atoms with E-state index in [1.165, 1.54) is 0 Å². The number of imide groups is 2. The molecular formula is C9H12N2O3. The van der Waals surface area contributed by atoms with Crippen molar-refractivity contribution in [2.75, 3.05) is 0 Å². The lowest BCUT2D eigenvalue weighted by Crippen LogP contribution is -2.34. The highest BCUT2D eigenvalue weighted by atomic mass is 16.2. The van der Waals surface area contributed by atoms with Crippen molar-refractivity contribution in [3.05, 3.63) is 0 Å². The first kappa shape index (κ1) is 9.18. The number of hydrogen-bond donors (Lipinski definition) is 1. The Morgan fingerprint density at radius 1 is 1.43 bits per heavy atom. The van der Waals surface area contributed by atoms with Gasteiger partial charge in [0.25, 0.3) is 0 Å². The smallest absolute Gasteiger partial charge is 0.269 e. The number of nitrogens with zero attached hydrogens (tertiary/aromatic N) is 1. The van der Waals surface area contributed by atoms with Crippen molar-refractivity contribution >= 4 is 17.8 Å². The fourth-order valence-corrected chi connectivity index (χ4v) is 1.94. The molecule has 0 radical (unpaired) electrons. The van der Waals surface area contributed by atoms with Crippen LogP contribution in [0, 0.1) is 5.92 Å². The van der Waals surface area contributed by atoms with Crippen LogP contribution in [0.5, 0.6) is 0 Å². The van der Waals surface area contributed by atoms with E-state index in [4.69, 9.17) is 0 Å². The number of carbonyl (C=O) groups excluding carboxylic acids is 3. The molecule has 76 valence electrons. The van der Waals surface area contributed by atoms with Gasteiger partial charge in [0.2, 0.25) is 0 Å². The van der Waals surface area contributed by atoms with Gasteiger partial charge in [-0.2, -0.15) is 0 Å². The van der Waals surface area contributed by atoms with E-state index in [2.05, 4.69) is 6.92 Å². The molecule has 0 aromatic rings. The first-order chi connectivity index (χ1) is 6.65. The van der Waals surface area contributed by atoms with Gasteiger partial charge in [-0.1, -0.05) is 13.3 Å². The molecule has 14 heavy (non-hydrogen) atoms. The predicted octanol–water partition coefficient (Wildman–Crippen LogP) is 0.253. The van der Waals surface area contributed by atoms with Crippen molar-refractivity contribution in [1.29, 1.82) is 0 Å². The van der Waals surface area contributed by atoms with Gasteiger partial charge in [-0.05, 0) is 18.8 Å². The molecule has 2 atom stereocenters. The fraction of sp³-hybridized carbons (Fsp3) is 0.667. The van der Waals surface area contributed by atoms with Crippen LogP contribution in [0.15, 0.2) is 0 Å². The van der Waals surface area contributed by atoms with Crippen molar-refractivity contribution < 1.29 is 14.4 Å². The minimum atomic E-state index is -0.794. The molecule has 2 fully saturated rings. The number of rotatable bonds is 3. The Morgan fingerprint density at radius 2 is 2.14 bits per heavy atom. The summed E-state index contributed by atoms with van der Waals surface area (Å²) in [4.78, 5) is 34.4. The van der Waals surface area contributed by atoms with E-state index in [9.17, 15) is 14.4 Å². The minimum Gasteiger partial charge on any atom is -0.269 e. The summed E-state index contributed by atoms with van der Waals surface area (Å²) in [5.41, 5.74) is 0. The van der Waals surface area contributed by atoms with E-state index >= 15 is 0 Å². The van der Waals surface area contributed by atoms with Gasteiger partial charge in [0.15, 0.2) is 0 Å². The Labute approximate surface area is 81.4 Å². The first-order valence-corrected chi connectivity index (χ1v) is 4.83. The lowest BCUT2D eigenvalue weighted by Gasteiger charge is -2.09. The van der Waals surface area contributed by atoms with Gasteiger partial charge in [-0.25, -0.2) is 4.79 Å². The van der Waals surface area contributed by atoms with Crippen LogP contribution < -0.4 is 5.32 Å². The molecule has 1 aliphatic carbocycles. The molecule has 0 bridgehead atoms. The Bertz CT molecular complexity index is 313. The maximum atomic E-state index is 11.2. The molecule has 2 aliphatic rings. The normalized spacial score (nSPS) is 30.9. The Hall–Kier alpha value is -1.39. The molecule has 1 saturated heterocycles. The van der Waals surface area contributed by atoms with Crippen LogP contribution in [0.1, 0.15) is 26.2 Å². The Morgan fingerprint density at radius 3 is 2.64 bits per heavy atom. The largest absolute Gasteiger partial charge is 0.331 e. The standard InChI is InChI=1S/C9H12N2O3/c1-2-3-5-4-6(5)11-8(13)7(12)10-9(11)14/h5-6H,2-4H2,1H3,(H,10,12,14). The SMILES string of the molecule is CCCC1CC1N1C(=O)NC(=O)C1=O. The molecule has 5 nitrogen and oxygen atoms in total. The van der Waals surface area contributed by atoms with E-state index in [0.29, 0.717) is 5.92 Å². The van der Waals surface area contributed by atoms with E-state index in [1.54, 1.807) is 0 Å². The van der Waals surface area contributed by atoms with Crippen molar-refractivity contribution in [1.82, 2.24) is 10.2 Å². The van der Waals surface area contributed by atoms with Crippen LogP contribution in [0.4, 0.5) is 4.79 Å². The quantitative estimate of drug-likeness (QED) is 0.520. The highest BCUT2D eigenvalue weighted by Crippen LogP contribution is 2.40. The van der Waals surface area contributed by atoms with E-state index in [-0.39, 0.29) is 6.04 Å². The third kappa shape index (κ3) is 1.29. The lowest BCUT2D eigenvalue weighted by molar-refractivity contribution is -0.140. The summed E-state index contributed by atoms with van der Waals surface area (Å²) in [5, 5.41) is 2.00. The number of urea groups is 1. The van der Waals surface area contributed by atoms with Crippen LogP contribution in [-0.4, -0.2) is 28.8 Å². The van der Waals surface area contributed by atoms with Gasteiger partial charge in [-0.3, -0.25) is 19.8 Å². The number of nitrogens with one attached hydrogen (secondary N) is 1. The number of carbonyl (C=O) groups is 3. The highest BCUT2D eigenvalue weighted by Gasteiger charge is 2.51. The Balaban J connectivity index is 2.02. The van der Waals surface area contributed by atoms with Crippen molar-refractivity contribution in [2.24, 2.45) is 5.92 Å². The summed E-state index contributed by atoms with van der Waals surface area (Å²) >= 11 is 0. The molecule has 1 N–H and O–H groups in total. The maximum absolute atomic E-state index is 11.2. The van der Waals surface area contributed by atoms with Crippen LogP contribution in [0.2, 0.25) is 0 Å². The third-order valence-corrected chi connectivity index (χ3v) is 2.73. The maximum Gasteiger partial charge on any atom is 0.331 e. The van der Waals surface area contributed by atoms with Gasteiger partial charge >= 0.3 is 17.8 Å². The van der Waals surface area contributed by atoms with Gasteiger partial charge < -0.3 is 0 Å². The summed E-state index contributed by atoms with van der Waals surface area (Å²) in [5.74, 6) is -1.09. The van der Waals surface area contributed by atoms with E-state index < -0.39 is 17.8 Å². The molecule has 1 aliphatic heterocycles. The molecule has 2 unspecified atom stereocenters. The molecule has 0 aromatic carbocycles. The monoisotopic (exact) mass is 196 g/mol. The van der Waals surface area contributed by atoms with Crippen LogP contribution in [0.25, 0.3) is 0 Å². The average Bonchev–Trinajstić information content (AvgIpc) is 2.79. The molecule has 2 rings (SSSR count). The zero-order chi connectivity index (χ0) is 10.3. The van der Waals surface area contributed by atoms with E-state index in [0.717, 1.165) is 24.2 Å². The zero-order valence-electron chi connectivity index (χ0n) is 7.95. The number of hydrogen-bond acceptors (Lipinski definition) is 3. The molecule has 0 aromatic heterocycles. The summed E-state index contributed by atoms with van der Waals surface area (Å²) in [6.07, 6.45) is 2.90. The summed E-state index contributed by atoms with van der Waals surface area (Å²) in [6.45, 7) is 2.06. The predicted molar refractivity (Wildman–Crippen MR) is 47.2 cm³/mol. The zero-order valence-corrected chi connectivity index (χ0v) is 7.95. The molecule has 1 heterocycles.